The summed E-state index contributed by atoms with van der Waals surface area (Å²) in [6.07, 6.45) is 1.84. The zero-order chi connectivity index (χ0) is 36.1. The van der Waals surface area contributed by atoms with Gasteiger partial charge in [-0.2, -0.15) is 0 Å². The van der Waals surface area contributed by atoms with E-state index in [0.29, 0.717) is 48.4 Å². The van der Waals surface area contributed by atoms with Gasteiger partial charge in [-0.15, -0.1) is 0 Å². The van der Waals surface area contributed by atoms with E-state index in [1.54, 1.807) is 30.3 Å². The van der Waals surface area contributed by atoms with Crippen molar-refractivity contribution in [1.29, 1.82) is 0 Å². The number of aliphatic carboxylic acids is 1. The van der Waals surface area contributed by atoms with Gasteiger partial charge in [0.15, 0.2) is 11.5 Å². The molecule has 1 aliphatic heterocycles. The van der Waals surface area contributed by atoms with Gasteiger partial charge in [0.25, 0.3) is 5.91 Å². The van der Waals surface area contributed by atoms with E-state index in [1.165, 1.54) is 33.0 Å². The first-order valence-electron chi connectivity index (χ1n) is 16.0. The molecule has 13 heteroatoms. The van der Waals surface area contributed by atoms with Gasteiger partial charge in [0.2, 0.25) is 11.7 Å². The Bertz CT molecular complexity index is 1550. The van der Waals surface area contributed by atoms with Crippen molar-refractivity contribution in [3.8, 4) is 11.5 Å². The third kappa shape index (κ3) is 10.9. The molecule has 0 spiro atoms. The minimum Gasteiger partial charge on any atom is -0.493 e. The molecular formula is C36H44N2O11. The van der Waals surface area contributed by atoms with Gasteiger partial charge in [-0.1, -0.05) is 24.8 Å². The summed E-state index contributed by atoms with van der Waals surface area (Å²) >= 11 is 0. The number of carbonyl (C=O) groups is 6. The summed E-state index contributed by atoms with van der Waals surface area (Å²) in [6.45, 7) is 6.13. The molecule has 13 nitrogen and oxygen atoms in total. The number of piperidine rings is 1. The molecule has 0 bridgehead atoms. The second-order valence-electron chi connectivity index (χ2n) is 12.3. The zero-order valence-electron chi connectivity index (χ0n) is 28.3. The van der Waals surface area contributed by atoms with Crippen LogP contribution in [0.15, 0.2) is 55.1 Å². The molecule has 2 amide bonds. The molecule has 3 rings (SSSR count). The molecule has 1 saturated heterocycles. The van der Waals surface area contributed by atoms with Crippen molar-refractivity contribution in [3.63, 3.8) is 0 Å². The van der Waals surface area contributed by atoms with Crippen molar-refractivity contribution in [3.05, 3.63) is 66.2 Å². The molecule has 2 aromatic rings. The van der Waals surface area contributed by atoms with Crippen LogP contribution in [-0.2, 0) is 44.7 Å². The maximum absolute atomic E-state index is 13.9. The molecule has 264 valence electrons. The first kappa shape index (κ1) is 38.2. The van der Waals surface area contributed by atoms with Gasteiger partial charge in [-0.3, -0.25) is 19.2 Å². The highest BCUT2D eigenvalue weighted by Gasteiger charge is 2.42. The fourth-order valence-electron chi connectivity index (χ4n) is 5.32. The first-order chi connectivity index (χ1) is 23.3. The van der Waals surface area contributed by atoms with Crippen LogP contribution in [0.3, 0.4) is 0 Å². The molecule has 0 radical (unpaired) electrons. The van der Waals surface area contributed by atoms with Gasteiger partial charge >= 0.3 is 17.9 Å². The summed E-state index contributed by atoms with van der Waals surface area (Å²) < 4.78 is 21.9. The maximum Gasteiger partial charge on any atom is 0.330 e. The second-order valence-corrected chi connectivity index (χ2v) is 12.3. The number of benzene rings is 2. The van der Waals surface area contributed by atoms with Crippen LogP contribution in [0.4, 0.5) is 5.69 Å². The summed E-state index contributed by atoms with van der Waals surface area (Å²) in [6, 6.07) is 11.1. The normalized spacial score (nSPS) is 14.9. The molecule has 0 aromatic heterocycles. The SMILES string of the molecule is C=CC(=O)OCC(C)(C)C(=O)C(=O)N1CCCC[C@H]1C(=O)O[C@H](CCc1ccc(OC)c(OC)c1)c1cccc(NC(=O)CCC(=O)O)c1. The van der Waals surface area contributed by atoms with Gasteiger partial charge in [-0.25, -0.2) is 9.59 Å². The van der Waals surface area contributed by atoms with Crippen molar-refractivity contribution in [2.75, 3.05) is 32.7 Å². The number of carboxylic acids is 1. The van der Waals surface area contributed by atoms with Crippen LogP contribution >= 0.6 is 0 Å². The number of nitrogens with zero attached hydrogens (tertiary/aromatic N) is 1. The average Bonchev–Trinajstić information content (AvgIpc) is 3.10. The first-order valence-corrected chi connectivity index (χ1v) is 16.0. The monoisotopic (exact) mass is 680 g/mol. The Balaban J connectivity index is 1.86. The molecular weight excluding hydrogens is 636 g/mol. The van der Waals surface area contributed by atoms with Crippen molar-refractivity contribution in [1.82, 2.24) is 4.90 Å². The Labute approximate surface area is 285 Å². The lowest BCUT2D eigenvalue weighted by Crippen LogP contribution is -2.53. The minimum absolute atomic E-state index is 0.168. The Hall–Kier alpha value is -5.20. The smallest absolute Gasteiger partial charge is 0.330 e. The molecule has 1 fully saturated rings. The van der Waals surface area contributed by atoms with Crippen LogP contribution in [0.5, 0.6) is 11.5 Å². The van der Waals surface area contributed by atoms with E-state index in [1.807, 2.05) is 12.1 Å². The van der Waals surface area contributed by atoms with Crippen LogP contribution in [0.2, 0.25) is 0 Å². The number of carboxylic acid groups (broad SMARTS) is 1. The third-order valence-electron chi connectivity index (χ3n) is 8.10. The predicted octanol–water partition coefficient (Wildman–Crippen LogP) is 4.43. The average molecular weight is 681 g/mol. The van der Waals surface area contributed by atoms with E-state index < -0.39 is 53.1 Å². The molecule has 0 unspecified atom stereocenters. The van der Waals surface area contributed by atoms with Crippen LogP contribution in [0.1, 0.15) is 69.6 Å². The number of likely N-dealkylation sites (tertiary alicyclic amines) is 1. The summed E-state index contributed by atoms with van der Waals surface area (Å²) in [5.74, 6) is -3.58. The number of hydrogen-bond acceptors (Lipinski definition) is 10. The van der Waals surface area contributed by atoms with Crippen molar-refractivity contribution in [2.45, 2.75) is 70.9 Å². The minimum atomic E-state index is -1.35. The number of ether oxygens (including phenoxy) is 4. The van der Waals surface area contributed by atoms with Crippen molar-refractivity contribution < 1.29 is 52.8 Å². The number of rotatable bonds is 17. The Morgan fingerprint density at radius 2 is 1.76 bits per heavy atom. The Morgan fingerprint density at radius 3 is 2.43 bits per heavy atom. The lowest BCUT2D eigenvalue weighted by Gasteiger charge is -2.36. The molecule has 2 atom stereocenters. The van der Waals surface area contributed by atoms with E-state index in [-0.39, 0.29) is 32.4 Å². The lowest BCUT2D eigenvalue weighted by molar-refractivity contribution is -0.165. The van der Waals surface area contributed by atoms with Gasteiger partial charge in [-0.05, 0) is 81.3 Å². The van der Waals surface area contributed by atoms with E-state index >= 15 is 0 Å². The number of anilines is 1. The van der Waals surface area contributed by atoms with Gasteiger partial charge in [0.05, 0.1) is 26.1 Å². The molecule has 1 heterocycles. The number of Topliss-reactive ketones (excluding diaryl/α,β-unsaturated/α-hetero) is 1. The van der Waals surface area contributed by atoms with Gasteiger partial charge < -0.3 is 34.3 Å². The van der Waals surface area contributed by atoms with Crippen LogP contribution < -0.4 is 14.8 Å². The molecule has 0 aliphatic carbocycles. The van der Waals surface area contributed by atoms with Crippen LogP contribution in [0, 0.1) is 5.41 Å². The quantitative estimate of drug-likeness (QED) is 0.137. The summed E-state index contributed by atoms with van der Waals surface area (Å²) in [5.41, 5.74) is 0.467. The molecule has 49 heavy (non-hydrogen) atoms. The standard InChI is InChI=1S/C36H44N2O11/c1-6-32(42)48-22-36(2,3)33(43)34(44)38-19-8-7-12-26(38)35(45)49-27(15-13-23-14-16-28(46-4)29(20-23)47-5)24-10-9-11-25(21-24)37-30(39)17-18-31(40)41/h6,9-11,14,16,20-21,26-27H,1,7-8,12-13,15,17-19,22H2,2-5H3,(H,37,39)(H,40,41)/t26-,27+/m0/s1. The fourth-order valence-corrected chi connectivity index (χ4v) is 5.32. The van der Waals surface area contributed by atoms with Crippen molar-refractivity contribution >= 4 is 41.2 Å². The van der Waals surface area contributed by atoms with Crippen LogP contribution in [0.25, 0.3) is 0 Å². The number of carbonyl (C=O) groups excluding carboxylic acids is 5. The number of esters is 2. The van der Waals surface area contributed by atoms with Gasteiger partial charge in [0.1, 0.15) is 18.8 Å². The lowest BCUT2D eigenvalue weighted by atomic mass is 9.87. The Morgan fingerprint density at radius 1 is 1.02 bits per heavy atom. The topological polar surface area (TPSA) is 175 Å². The number of nitrogens with one attached hydrogen (secondary N) is 1. The number of ketones is 1. The summed E-state index contributed by atoms with van der Waals surface area (Å²) in [7, 11) is 3.06. The van der Waals surface area contributed by atoms with Crippen LogP contribution in [-0.4, -0.2) is 78.9 Å². The highest BCUT2D eigenvalue weighted by molar-refractivity contribution is 6.38. The highest BCUT2D eigenvalue weighted by Crippen LogP contribution is 2.32. The zero-order valence-corrected chi connectivity index (χ0v) is 28.3. The van der Waals surface area contributed by atoms with Gasteiger partial charge in [0, 0.05) is 24.7 Å². The second kappa shape index (κ2) is 17.8. The third-order valence-corrected chi connectivity index (χ3v) is 8.10. The molecule has 2 aromatic carbocycles. The van der Waals surface area contributed by atoms with E-state index in [2.05, 4.69) is 11.9 Å². The van der Waals surface area contributed by atoms with E-state index in [0.717, 1.165) is 11.6 Å². The molecule has 1 aliphatic rings. The van der Waals surface area contributed by atoms with Crippen molar-refractivity contribution in [2.24, 2.45) is 5.41 Å². The maximum atomic E-state index is 13.9. The summed E-state index contributed by atoms with van der Waals surface area (Å²) in [4.78, 5) is 76.7. The molecule has 2 N–H and O–H groups in total. The summed E-state index contributed by atoms with van der Waals surface area (Å²) in [5, 5.41) is 11.6. The fraction of sp³-hybridized carbons (Fsp3) is 0.444. The highest BCUT2D eigenvalue weighted by atomic mass is 16.5. The number of methoxy groups -OCH3 is 2. The number of amides is 2. The Kier molecular flexibility index (Phi) is 13.9. The molecule has 0 saturated carbocycles. The van der Waals surface area contributed by atoms with E-state index in [9.17, 15) is 28.8 Å². The van der Waals surface area contributed by atoms with E-state index in [4.69, 9.17) is 24.1 Å². The predicted molar refractivity (Wildman–Crippen MR) is 178 cm³/mol. The largest absolute Gasteiger partial charge is 0.493 e. The number of aryl methyl sites for hydroxylation is 1. The number of hydrogen-bond donors (Lipinski definition) is 2.